The molecule has 1 unspecified atom stereocenters. The summed E-state index contributed by atoms with van der Waals surface area (Å²) < 4.78 is 0. The van der Waals surface area contributed by atoms with Crippen molar-refractivity contribution in [1.29, 1.82) is 0 Å². The number of urea groups is 1. The van der Waals surface area contributed by atoms with Crippen molar-refractivity contribution in [1.82, 2.24) is 10.6 Å². The Bertz CT molecular complexity index is 403. The van der Waals surface area contributed by atoms with Crippen molar-refractivity contribution < 1.29 is 4.79 Å². The van der Waals surface area contributed by atoms with Gasteiger partial charge in [0.25, 0.3) is 0 Å². The number of rotatable bonds is 2. The molecule has 0 spiro atoms. The van der Waals surface area contributed by atoms with Gasteiger partial charge in [0.2, 0.25) is 0 Å². The number of nitrogens with two attached hydrogens (primary N) is 1. The molecule has 4 heteroatoms. The second-order valence-electron chi connectivity index (χ2n) is 7.03. The Kier molecular flexibility index (Phi) is 2.62. The minimum Gasteiger partial charge on any atom is -0.331 e. The van der Waals surface area contributed by atoms with Gasteiger partial charge in [-0.3, -0.25) is 0 Å². The molecule has 0 radical (unpaired) electrons. The standard InChI is InChI=1S/C15H23N3O/c16-7-12-6-13(18-15(19)17-12)14-10-2-8-1-9(4-10)5-11(14)3-8/h6,8-11,13-14H,1-5,7,16H2,(H2,17,18,19). The van der Waals surface area contributed by atoms with Gasteiger partial charge >= 0.3 is 6.03 Å². The molecule has 4 aliphatic carbocycles. The molecule has 1 atom stereocenters. The van der Waals surface area contributed by atoms with Crippen LogP contribution in [0.3, 0.4) is 0 Å². The van der Waals surface area contributed by atoms with Crippen molar-refractivity contribution in [2.45, 2.75) is 38.1 Å². The number of amides is 2. The first-order valence-electron chi connectivity index (χ1n) is 7.71. The summed E-state index contributed by atoms with van der Waals surface area (Å²) in [4.78, 5) is 11.8. The molecule has 4 fully saturated rings. The highest BCUT2D eigenvalue weighted by Gasteiger charge is 2.50. The van der Waals surface area contributed by atoms with Crippen LogP contribution in [-0.4, -0.2) is 18.6 Å². The first-order chi connectivity index (χ1) is 9.22. The summed E-state index contributed by atoms with van der Waals surface area (Å²) in [5.41, 5.74) is 6.58. The first kappa shape index (κ1) is 11.8. The minimum absolute atomic E-state index is 0.0678. The van der Waals surface area contributed by atoms with E-state index in [1.807, 2.05) is 0 Å². The number of hydrogen-bond acceptors (Lipinski definition) is 2. The molecule has 4 nitrogen and oxygen atoms in total. The molecule has 1 aliphatic heterocycles. The van der Waals surface area contributed by atoms with Crippen LogP contribution in [0.5, 0.6) is 0 Å². The quantitative estimate of drug-likeness (QED) is 0.706. The predicted molar refractivity (Wildman–Crippen MR) is 73.1 cm³/mol. The van der Waals surface area contributed by atoms with Crippen LogP contribution in [0.1, 0.15) is 32.1 Å². The fourth-order valence-corrected chi connectivity index (χ4v) is 5.51. The van der Waals surface area contributed by atoms with Gasteiger partial charge in [0.05, 0.1) is 6.04 Å². The van der Waals surface area contributed by atoms with Crippen LogP contribution in [0.25, 0.3) is 0 Å². The maximum atomic E-state index is 11.8. The topological polar surface area (TPSA) is 67.1 Å². The molecular weight excluding hydrogens is 238 g/mol. The molecular formula is C15H23N3O. The third kappa shape index (κ3) is 1.88. The third-order valence-electron chi connectivity index (χ3n) is 5.89. The van der Waals surface area contributed by atoms with E-state index in [0.29, 0.717) is 12.5 Å². The van der Waals surface area contributed by atoms with Gasteiger partial charge in [0, 0.05) is 12.2 Å². The fraction of sp³-hybridized carbons (Fsp3) is 0.800. The lowest BCUT2D eigenvalue weighted by Gasteiger charge is -2.56. The van der Waals surface area contributed by atoms with E-state index >= 15 is 0 Å². The molecule has 5 rings (SSSR count). The molecule has 5 aliphatic rings. The molecule has 19 heavy (non-hydrogen) atoms. The SMILES string of the molecule is NCC1=CC(C2C3CC4CC(C3)CC2C4)NC(=O)N1. The van der Waals surface area contributed by atoms with Crippen LogP contribution < -0.4 is 16.4 Å². The summed E-state index contributed by atoms with van der Waals surface area (Å²) in [6.45, 7) is 0.428. The van der Waals surface area contributed by atoms with Gasteiger partial charge in [-0.15, -0.1) is 0 Å². The molecule has 0 aromatic carbocycles. The van der Waals surface area contributed by atoms with Gasteiger partial charge in [-0.1, -0.05) is 0 Å². The molecule has 104 valence electrons. The van der Waals surface area contributed by atoms with E-state index in [0.717, 1.165) is 29.4 Å². The van der Waals surface area contributed by atoms with Crippen molar-refractivity contribution in [2.24, 2.45) is 35.3 Å². The lowest BCUT2D eigenvalue weighted by atomic mass is 9.50. The zero-order chi connectivity index (χ0) is 13.0. The summed E-state index contributed by atoms with van der Waals surface area (Å²) in [6.07, 6.45) is 9.22. The Labute approximate surface area is 114 Å². The molecule has 0 aromatic heterocycles. The van der Waals surface area contributed by atoms with Gasteiger partial charge in [0.1, 0.15) is 0 Å². The maximum absolute atomic E-state index is 11.8. The van der Waals surface area contributed by atoms with E-state index < -0.39 is 0 Å². The summed E-state index contributed by atoms with van der Waals surface area (Å²) in [5.74, 6) is 4.27. The van der Waals surface area contributed by atoms with Gasteiger partial charge in [0.15, 0.2) is 0 Å². The van der Waals surface area contributed by atoms with Gasteiger partial charge in [-0.05, 0) is 67.8 Å². The summed E-state index contributed by atoms with van der Waals surface area (Å²) >= 11 is 0. The van der Waals surface area contributed by atoms with Crippen molar-refractivity contribution >= 4 is 6.03 Å². The van der Waals surface area contributed by atoms with Crippen molar-refractivity contribution in [3.63, 3.8) is 0 Å². The second kappa shape index (κ2) is 4.23. The van der Waals surface area contributed by atoms with Crippen LogP contribution in [0.4, 0.5) is 4.79 Å². The van der Waals surface area contributed by atoms with Crippen LogP contribution in [-0.2, 0) is 0 Å². The largest absolute Gasteiger partial charge is 0.331 e. The number of hydrogen-bond donors (Lipinski definition) is 3. The average Bonchev–Trinajstić information content (AvgIpc) is 2.36. The molecule has 0 saturated heterocycles. The van der Waals surface area contributed by atoms with Crippen molar-refractivity contribution in [3.8, 4) is 0 Å². The second-order valence-corrected chi connectivity index (χ2v) is 7.03. The van der Waals surface area contributed by atoms with E-state index in [2.05, 4.69) is 16.7 Å². The predicted octanol–water partition coefficient (Wildman–Crippen LogP) is 1.58. The molecule has 0 aromatic rings. The minimum atomic E-state index is -0.0678. The highest BCUT2D eigenvalue weighted by atomic mass is 16.2. The van der Waals surface area contributed by atoms with Crippen LogP contribution >= 0.6 is 0 Å². The van der Waals surface area contributed by atoms with Crippen LogP contribution in [0.2, 0.25) is 0 Å². The highest BCUT2D eigenvalue weighted by molar-refractivity contribution is 5.78. The Balaban J connectivity index is 1.60. The van der Waals surface area contributed by atoms with Gasteiger partial charge in [-0.25, -0.2) is 4.79 Å². The van der Waals surface area contributed by atoms with E-state index in [-0.39, 0.29) is 12.1 Å². The first-order valence-corrected chi connectivity index (χ1v) is 7.71. The van der Waals surface area contributed by atoms with Crippen LogP contribution in [0, 0.1) is 29.6 Å². The Morgan fingerprint density at radius 2 is 1.74 bits per heavy atom. The molecule has 4 bridgehead atoms. The fourth-order valence-electron chi connectivity index (χ4n) is 5.51. The average molecular weight is 261 g/mol. The van der Waals surface area contributed by atoms with Crippen LogP contribution in [0.15, 0.2) is 11.8 Å². The van der Waals surface area contributed by atoms with E-state index in [4.69, 9.17) is 5.73 Å². The summed E-state index contributed by atoms with van der Waals surface area (Å²) in [5, 5.41) is 5.93. The highest BCUT2D eigenvalue weighted by Crippen LogP contribution is 2.57. The monoisotopic (exact) mass is 261 g/mol. The summed E-state index contributed by atoms with van der Waals surface area (Å²) in [6, 6.07) is 0.143. The Hall–Kier alpha value is -1.03. The van der Waals surface area contributed by atoms with Gasteiger partial charge in [-0.2, -0.15) is 0 Å². The molecule has 2 amide bonds. The molecule has 4 saturated carbocycles. The smallest absolute Gasteiger partial charge is 0.319 e. The summed E-state index contributed by atoms with van der Waals surface area (Å²) in [7, 11) is 0. The maximum Gasteiger partial charge on any atom is 0.319 e. The van der Waals surface area contributed by atoms with E-state index in [1.54, 1.807) is 0 Å². The number of nitrogens with one attached hydrogen (secondary N) is 2. The lowest BCUT2D eigenvalue weighted by molar-refractivity contribution is -0.0443. The van der Waals surface area contributed by atoms with Gasteiger partial charge < -0.3 is 16.4 Å². The zero-order valence-electron chi connectivity index (χ0n) is 11.3. The lowest BCUT2D eigenvalue weighted by Crippen LogP contribution is -2.57. The number of carbonyl (C=O) groups excluding carboxylic acids is 1. The van der Waals surface area contributed by atoms with E-state index in [9.17, 15) is 4.79 Å². The van der Waals surface area contributed by atoms with Crippen molar-refractivity contribution in [3.05, 3.63) is 11.8 Å². The molecule has 4 N–H and O–H groups in total. The molecule has 1 heterocycles. The number of carbonyl (C=O) groups is 1. The third-order valence-corrected chi connectivity index (χ3v) is 5.89. The van der Waals surface area contributed by atoms with E-state index in [1.165, 1.54) is 32.1 Å². The zero-order valence-corrected chi connectivity index (χ0v) is 11.3. The van der Waals surface area contributed by atoms with Crippen molar-refractivity contribution in [2.75, 3.05) is 6.54 Å². The Morgan fingerprint density at radius 3 is 2.32 bits per heavy atom. The normalized spacial score (nSPS) is 47.6. The Morgan fingerprint density at radius 1 is 1.11 bits per heavy atom.